The molecule has 0 spiro atoms. The van der Waals surface area contributed by atoms with Gasteiger partial charge in [0.1, 0.15) is 0 Å². The Kier molecular flexibility index (Phi) is 4.79. The minimum atomic E-state index is -0.131. The molecule has 0 aliphatic carbocycles. The molecular weight excluding hydrogens is 360 g/mol. The molecule has 5 nitrogen and oxygen atoms in total. The number of nitrogens with zero attached hydrogens (tertiary/aromatic N) is 2. The highest BCUT2D eigenvalue weighted by molar-refractivity contribution is 6.30. The van der Waals surface area contributed by atoms with Gasteiger partial charge in [-0.25, -0.2) is 0 Å². The van der Waals surface area contributed by atoms with Gasteiger partial charge in [-0.05, 0) is 48.1 Å². The fourth-order valence-electron chi connectivity index (χ4n) is 3.27. The third-order valence-electron chi connectivity index (χ3n) is 4.57. The summed E-state index contributed by atoms with van der Waals surface area (Å²) in [4.78, 5) is 4.14. The number of anilines is 1. The molecule has 0 fully saturated rings. The lowest BCUT2D eigenvalue weighted by atomic mass is 9.97. The third kappa shape index (κ3) is 3.79. The zero-order chi connectivity index (χ0) is 18.8. The maximum atomic E-state index is 6.38. The Morgan fingerprint density at radius 3 is 2.78 bits per heavy atom. The zero-order valence-corrected chi connectivity index (χ0v) is 15.4. The Hall–Kier alpha value is -2.89. The molecule has 2 aromatic heterocycles. The molecule has 0 saturated heterocycles. The van der Waals surface area contributed by atoms with Gasteiger partial charge in [-0.1, -0.05) is 41.0 Å². The lowest BCUT2D eigenvalue weighted by Crippen LogP contribution is -2.26. The van der Waals surface area contributed by atoms with Gasteiger partial charge in [0, 0.05) is 40.0 Å². The summed E-state index contributed by atoms with van der Waals surface area (Å²) in [7, 11) is 0. The highest BCUT2D eigenvalue weighted by Crippen LogP contribution is 2.31. The predicted octanol–water partition coefficient (Wildman–Crippen LogP) is 4.24. The van der Waals surface area contributed by atoms with E-state index in [9.17, 15) is 0 Å². The zero-order valence-electron chi connectivity index (χ0n) is 14.6. The van der Waals surface area contributed by atoms with Crippen LogP contribution < -0.4 is 11.5 Å². The first-order valence-electron chi connectivity index (χ1n) is 8.68. The molecule has 0 aliphatic heterocycles. The minimum Gasteiger partial charge on any atom is -0.381 e. The van der Waals surface area contributed by atoms with Crippen LogP contribution in [0.25, 0.3) is 22.1 Å². The molecule has 0 bridgehead atoms. The number of fused-ring (bicyclic) bond motifs is 1. The second-order valence-corrected chi connectivity index (χ2v) is 7.05. The summed E-state index contributed by atoms with van der Waals surface area (Å²) in [5, 5.41) is 6.80. The van der Waals surface area contributed by atoms with E-state index in [1.54, 1.807) is 6.20 Å². The number of rotatable bonds is 5. The first-order valence-corrected chi connectivity index (χ1v) is 9.06. The number of pyridine rings is 1. The van der Waals surface area contributed by atoms with Gasteiger partial charge in [0.2, 0.25) is 0 Å². The Morgan fingerprint density at radius 1 is 1.04 bits per heavy atom. The van der Waals surface area contributed by atoms with Gasteiger partial charge in [-0.3, -0.25) is 4.98 Å². The van der Waals surface area contributed by atoms with Crippen molar-refractivity contribution in [1.82, 2.24) is 10.1 Å². The first-order chi connectivity index (χ1) is 13.1. The van der Waals surface area contributed by atoms with Crippen molar-refractivity contribution in [3.05, 3.63) is 77.1 Å². The lowest BCUT2D eigenvalue weighted by molar-refractivity contribution is 0.434. The Morgan fingerprint density at radius 2 is 1.93 bits per heavy atom. The normalized spacial score (nSPS) is 12.4. The molecule has 0 radical (unpaired) electrons. The van der Waals surface area contributed by atoms with E-state index in [-0.39, 0.29) is 6.04 Å². The van der Waals surface area contributed by atoms with Crippen molar-refractivity contribution >= 4 is 28.2 Å². The van der Waals surface area contributed by atoms with Crippen molar-refractivity contribution in [3.63, 3.8) is 0 Å². The van der Waals surface area contributed by atoms with E-state index in [0.717, 1.165) is 27.5 Å². The number of hydrogen-bond donors (Lipinski definition) is 2. The van der Waals surface area contributed by atoms with Crippen LogP contribution in [0, 0.1) is 0 Å². The molecule has 136 valence electrons. The number of nitrogen functional groups attached to an aromatic ring is 1. The van der Waals surface area contributed by atoms with Crippen molar-refractivity contribution in [1.29, 1.82) is 0 Å². The van der Waals surface area contributed by atoms with E-state index in [1.807, 2.05) is 54.7 Å². The number of aromatic nitrogens is 2. The van der Waals surface area contributed by atoms with Crippen molar-refractivity contribution in [2.45, 2.75) is 18.9 Å². The van der Waals surface area contributed by atoms with Crippen LogP contribution in [0.4, 0.5) is 5.82 Å². The second kappa shape index (κ2) is 7.39. The molecule has 6 heteroatoms. The summed E-state index contributed by atoms with van der Waals surface area (Å²) >= 11 is 6.06. The van der Waals surface area contributed by atoms with Gasteiger partial charge in [-0.2, -0.15) is 0 Å². The maximum absolute atomic E-state index is 6.38. The van der Waals surface area contributed by atoms with E-state index in [1.165, 1.54) is 0 Å². The van der Waals surface area contributed by atoms with Crippen molar-refractivity contribution < 1.29 is 4.52 Å². The number of nitrogens with two attached hydrogens (primary N) is 2. The average molecular weight is 379 g/mol. The van der Waals surface area contributed by atoms with Crippen molar-refractivity contribution in [3.8, 4) is 11.3 Å². The highest BCUT2D eigenvalue weighted by atomic mass is 35.5. The summed E-state index contributed by atoms with van der Waals surface area (Å²) in [5.41, 5.74) is 15.3. The highest BCUT2D eigenvalue weighted by Gasteiger charge is 2.19. The quantitative estimate of drug-likeness (QED) is 0.542. The van der Waals surface area contributed by atoms with E-state index in [2.05, 4.69) is 10.1 Å². The van der Waals surface area contributed by atoms with Gasteiger partial charge in [0.15, 0.2) is 11.6 Å². The van der Waals surface area contributed by atoms with Crippen molar-refractivity contribution in [2.24, 2.45) is 5.73 Å². The summed E-state index contributed by atoms with van der Waals surface area (Å²) in [6.07, 6.45) is 4.85. The molecule has 27 heavy (non-hydrogen) atoms. The fraction of sp³-hybridized carbons (Fsp3) is 0.143. The van der Waals surface area contributed by atoms with Gasteiger partial charge in [0.25, 0.3) is 0 Å². The summed E-state index contributed by atoms with van der Waals surface area (Å²) in [6, 6.07) is 15.6. The Bertz CT molecular complexity index is 1090. The molecule has 2 heterocycles. The number of halogens is 1. The molecule has 0 unspecified atom stereocenters. The maximum Gasteiger partial charge on any atom is 0.172 e. The van der Waals surface area contributed by atoms with E-state index >= 15 is 0 Å². The molecule has 2 aromatic carbocycles. The van der Waals surface area contributed by atoms with Gasteiger partial charge in [-0.15, -0.1) is 0 Å². The molecule has 1 atom stereocenters. The predicted molar refractivity (Wildman–Crippen MR) is 108 cm³/mol. The van der Waals surface area contributed by atoms with E-state index < -0.39 is 0 Å². The lowest BCUT2D eigenvalue weighted by Gasteiger charge is -2.12. The number of hydrogen-bond acceptors (Lipinski definition) is 5. The third-order valence-corrected chi connectivity index (χ3v) is 4.81. The molecule has 0 aliphatic rings. The fourth-order valence-corrected chi connectivity index (χ4v) is 3.48. The van der Waals surface area contributed by atoms with Gasteiger partial charge >= 0.3 is 0 Å². The van der Waals surface area contributed by atoms with Crippen molar-refractivity contribution in [2.75, 3.05) is 5.73 Å². The van der Waals surface area contributed by atoms with Gasteiger partial charge < -0.3 is 16.0 Å². The smallest absolute Gasteiger partial charge is 0.172 e. The van der Waals surface area contributed by atoms with Crippen LogP contribution in [0.2, 0.25) is 5.02 Å². The van der Waals surface area contributed by atoms with Crippen LogP contribution in [0.15, 0.2) is 65.4 Å². The minimum absolute atomic E-state index is 0.131. The van der Waals surface area contributed by atoms with Crippen LogP contribution in [0.5, 0.6) is 0 Å². The molecule has 0 amide bonds. The second-order valence-electron chi connectivity index (χ2n) is 6.61. The van der Waals surface area contributed by atoms with Gasteiger partial charge in [0.05, 0.1) is 0 Å². The van der Waals surface area contributed by atoms with Crippen LogP contribution in [-0.2, 0) is 12.8 Å². The topological polar surface area (TPSA) is 91.0 Å². The Labute approximate surface area is 161 Å². The van der Waals surface area contributed by atoms with Crippen LogP contribution >= 0.6 is 11.6 Å². The SMILES string of the molecule is Nc1noc(-c2ccc3cnccc3c2)c1C[C@@H](N)Cc1cccc(Cl)c1. The van der Waals surface area contributed by atoms with E-state index in [0.29, 0.717) is 29.4 Å². The summed E-state index contributed by atoms with van der Waals surface area (Å²) < 4.78 is 5.53. The van der Waals surface area contributed by atoms with Crippen LogP contribution in [0.3, 0.4) is 0 Å². The first kappa shape index (κ1) is 17.5. The molecular formula is C21H19ClN4O. The summed E-state index contributed by atoms with van der Waals surface area (Å²) in [5.74, 6) is 1.04. The molecule has 4 aromatic rings. The average Bonchev–Trinajstić information content (AvgIpc) is 3.02. The molecule has 4 rings (SSSR count). The standard InChI is InChI=1S/C21H19ClN4O/c22-17-3-1-2-13(8-17)9-18(23)11-19-20(27-26-21(19)24)15-4-5-16-12-25-7-6-14(16)10-15/h1-8,10,12,18H,9,11,23H2,(H2,24,26)/t18-/m0/s1. The van der Waals surface area contributed by atoms with Crippen LogP contribution in [-0.4, -0.2) is 16.2 Å². The molecule has 0 saturated carbocycles. The monoisotopic (exact) mass is 378 g/mol. The number of benzene rings is 2. The molecule has 4 N–H and O–H groups in total. The van der Waals surface area contributed by atoms with E-state index in [4.69, 9.17) is 27.6 Å². The summed E-state index contributed by atoms with van der Waals surface area (Å²) in [6.45, 7) is 0. The Balaban J connectivity index is 1.61. The largest absolute Gasteiger partial charge is 0.381 e. The van der Waals surface area contributed by atoms with Crippen LogP contribution in [0.1, 0.15) is 11.1 Å².